The number of aromatic nitrogens is 2. The van der Waals surface area contributed by atoms with Crippen LogP contribution in [0.1, 0.15) is 50.4 Å². The van der Waals surface area contributed by atoms with E-state index in [1.54, 1.807) is 17.1 Å². The fourth-order valence-electron chi connectivity index (χ4n) is 2.37. The molecule has 1 heterocycles. The zero-order valence-corrected chi connectivity index (χ0v) is 13.6. The lowest BCUT2D eigenvalue weighted by Crippen LogP contribution is -2.32. The smallest absolute Gasteiger partial charge is 0.254 e. The van der Waals surface area contributed by atoms with Crippen LogP contribution in [-0.2, 0) is 0 Å². The Kier molecular flexibility index (Phi) is 5.75. The van der Waals surface area contributed by atoms with E-state index in [0.717, 1.165) is 18.5 Å². The number of rotatable bonds is 7. The molecule has 118 valence electrons. The highest BCUT2D eigenvalue weighted by molar-refractivity contribution is 5.93. The van der Waals surface area contributed by atoms with Gasteiger partial charge in [0.25, 0.3) is 5.91 Å². The van der Waals surface area contributed by atoms with Crippen LogP contribution in [0.4, 0.5) is 0 Å². The minimum Gasteiger partial charge on any atom is -0.349 e. The van der Waals surface area contributed by atoms with Crippen LogP contribution in [0.2, 0.25) is 0 Å². The van der Waals surface area contributed by atoms with Gasteiger partial charge < -0.3 is 5.32 Å². The number of nitrogens with one attached hydrogen (secondary N) is 1. The molecule has 0 saturated carbocycles. The third-order valence-electron chi connectivity index (χ3n) is 3.66. The number of nitrogens with zero attached hydrogens (tertiary/aromatic N) is 2. The summed E-state index contributed by atoms with van der Waals surface area (Å²) in [4.78, 5) is 12.2. The molecule has 4 heteroatoms. The summed E-state index contributed by atoms with van der Waals surface area (Å²) in [7, 11) is 0. The van der Waals surface area contributed by atoms with Crippen molar-refractivity contribution in [3.05, 3.63) is 48.3 Å². The molecule has 22 heavy (non-hydrogen) atoms. The monoisotopic (exact) mass is 299 g/mol. The highest BCUT2D eigenvalue weighted by Crippen LogP contribution is 2.10. The van der Waals surface area contributed by atoms with Gasteiger partial charge in [0.1, 0.15) is 0 Å². The summed E-state index contributed by atoms with van der Waals surface area (Å²) in [5.41, 5.74) is 1.55. The van der Waals surface area contributed by atoms with Crippen LogP contribution < -0.4 is 5.32 Å². The first-order valence-electron chi connectivity index (χ1n) is 7.97. The number of hydrogen-bond donors (Lipinski definition) is 1. The van der Waals surface area contributed by atoms with Crippen molar-refractivity contribution in [2.75, 3.05) is 0 Å². The van der Waals surface area contributed by atoms with E-state index in [1.807, 2.05) is 30.3 Å². The number of para-hydroxylation sites is 1. The van der Waals surface area contributed by atoms with Gasteiger partial charge >= 0.3 is 0 Å². The summed E-state index contributed by atoms with van der Waals surface area (Å²) in [5, 5.41) is 7.30. The topological polar surface area (TPSA) is 46.9 Å². The van der Waals surface area contributed by atoms with Gasteiger partial charge in [-0.3, -0.25) is 4.79 Å². The van der Waals surface area contributed by atoms with Gasteiger partial charge in [0, 0.05) is 12.2 Å². The van der Waals surface area contributed by atoms with Gasteiger partial charge in [0.05, 0.1) is 17.4 Å². The standard InChI is InChI=1S/C18H25N3O/c1-14(2)8-7-9-15(3)20-18(22)16-12-19-21(13-16)17-10-5-4-6-11-17/h4-6,10-15H,7-9H2,1-3H3,(H,20,22). The third kappa shape index (κ3) is 4.72. The van der Waals surface area contributed by atoms with E-state index in [9.17, 15) is 4.79 Å². The van der Waals surface area contributed by atoms with E-state index in [1.165, 1.54) is 6.42 Å². The Hall–Kier alpha value is -2.10. The molecule has 0 spiro atoms. The molecule has 4 nitrogen and oxygen atoms in total. The van der Waals surface area contributed by atoms with Crippen molar-refractivity contribution in [3.8, 4) is 5.69 Å². The Balaban J connectivity index is 1.89. The minimum atomic E-state index is -0.0563. The van der Waals surface area contributed by atoms with Crippen LogP contribution in [0.5, 0.6) is 0 Å². The molecule has 0 radical (unpaired) electrons. The molecule has 1 amide bonds. The van der Waals surface area contributed by atoms with Gasteiger partial charge in [-0.25, -0.2) is 4.68 Å². The SMILES string of the molecule is CC(C)CCCC(C)NC(=O)c1cnn(-c2ccccc2)c1. The second-order valence-electron chi connectivity index (χ2n) is 6.21. The maximum absolute atomic E-state index is 12.2. The molecule has 2 rings (SSSR count). The van der Waals surface area contributed by atoms with Crippen LogP contribution in [-0.4, -0.2) is 21.7 Å². The van der Waals surface area contributed by atoms with Crippen molar-refractivity contribution < 1.29 is 4.79 Å². The van der Waals surface area contributed by atoms with Crippen LogP contribution in [0.15, 0.2) is 42.7 Å². The molecule has 1 unspecified atom stereocenters. The average Bonchev–Trinajstić information content (AvgIpc) is 2.97. The van der Waals surface area contributed by atoms with Gasteiger partial charge in [-0.05, 0) is 31.4 Å². The molecule has 0 aliphatic rings. The summed E-state index contributed by atoms with van der Waals surface area (Å²) in [6.45, 7) is 6.50. The second kappa shape index (κ2) is 7.78. The van der Waals surface area contributed by atoms with E-state index in [4.69, 9.17) is 0 Å². The zero-order valence-electron chi connectivity index (χ0n) is 13.6. The summed E-state index contributed by atoms with van der Waals surface area (Å²) in [6.07, 6.45) is 6.74. The number of hydrogen-bond acceptors (Lipinski definition) is 2. The Morgan fingerprint density at radius 1 is 1.18 bits per heavy atom. The van der Waals surface area contributed by atoms with E-state index in [-0.39, 0.29) is 11.9 Å². The highest BCUT2D eigenvalue weighted by Gasteiger charge is 2.12. The molecule has 1 aromatic carbocycles. The molecule has 1 aromatic heterocycles. The number of carbonyl (C=O) groups is 1. The quantitative estimate of drug-likeness (QED) is 0.845. The lowest BCUT2D eigenvalue weighted by Gasteiger charge is -2.13. The zero-order chi connectivity index (χ0) is 15.9. The van der Waals surface area contributed by atoms with Crippen molar-refractivity contribution in [3.63, 3.8) is 0 Å². The van der Waals surface area contributed by atoms with Crippen molar-refractivity contribution in [2.45, 2.75) is 46.1 Å². The van der Waals surface area contributed by atoms with Gasteiger partial charge in [-0.1, -0.05) is 44.9 Å². The Morgan fingerprint density at radius 3 is 2.59 bits per heavy atom. The molecule has 0 aliphatic carbocycles. The molecule has 1 N–H and O–H groups in total. The number of benzene rings is 1. The maximum atomic E-state index is 12.2. The van der Waals surface area contributed by atoms with Crippen LogP contribution >= 0.6 is 0 Å². The second-order valence-corrected chi connectivity index (χ2v) is 6.21. The average molecular weight is 299 g/mol. The number of carbonyl (C=O) groups excluding carboxylic acids is 1. The normalized spacial score (nSPS) is 12.4. The summed E-state index contributed by atoms with van der Waals surface area (Å²) < 4.78 is 1.72. The van der Waals surface area contributed by atoms with Crippen molar-refractivity contribution in [1.82, 2.24) is 15.1 Å². The van der Waals surface area contributed by atoms with Crippen molar-refractivity contribution >= 4 is 5.91 Å². The molecule has 0 aliphatic heterocycles. The van der Waals surface area contributed by atoms with E-state index in [0.29, 0.717) is 11.5 Å². The Labute approximate surface area is 132 Å². The fraction of sp³-hybridized carbons (Fsp3) is 0.444. The van der Waals surface area contributed by atoms with Gasteiger partial charge in [-0.15, -0.1) is 0 Å². The van der Waals surface area contributed by atoms with Crippen LogP contribution in [0.3, 0.4) is 0 Å². The van der Waals surface area contributed by atoms with Crippen LogP contribution in [0, 0.1) is 5.92 Å². The van der Waals surface area contributed by atoms with Crippen molar-refractivity contribution in [1.29, 1.82) is 0 Å². The summed E-state index contributed by atoms with van der Waals surface area (Å²) in [5.74, 6) is 0.659. The number of amides is 1. The minimum absolute atomic E-state index is 0.0563. The fourth-order valence-corrected chi connectivity index (χ4v) is 2.37. The summed E-state index contributed by atoms with van der Waals surface area (Å²) in [6, 6.07) is 9.97. The molecule has 2 aromatic rings. The first kappa shape index (κ1) is 16.3. The third-order valence-corrected chi connectivity index (χ3v) is 3.66. The maximum Gasteiger partial charge on any atom is 0.254 e. The molecule has 1 atom stereocenters. The van der Waals surface area contributed by atoms with Gasteiger partial charge in [-0.2, -0.15) is 5.10 Å². The molecule has 0 fully saturated rings. The van der Waals surface area contributed by atoms with Crippen molar-refractivity contribution in [2.24, 2.45) is 5.92 Å². The molecular formula is C18H25N3O. The molecule has 0 saturated heterocycles. The Bertz CT molecular complexity index is 589. The first-order chi connectivity index (χ1) is 10.6. The Morgan fingerprint density at radius 2 is 1.91 bits per heavy atom. The lowest BCUT2D eigenvalue weighted by atomic mass is 10.0. The van der Waals surface area contributed by atoms with Gasteiger partial charge in [0.15, 0.2) is 0 Å². The van der Waals surface area contributed by atoms with Gasteiger partial charge in [0.2, 0.25) is 0 Å². The predicted molar refractivity (Wildman–Crippen MR) is 89.2 cm³/mol. The summed E-state index contributed by atoms with van der Waals surface area (Å²) >= 11 is 0. The predicted octanol–water partition coefficient (Wildman–Crippen LogP) is 3.82. The lowest BCUT2D eigenvalue weighted by molar-refractivity contribution is 0.0938. The van der Waals surface area contributed by atoms with E-state index in [2.05, 4.69) is 31.2 Å². The highest BCUT2D eigenvalue weighted by atomic mass is 16.1. The molecule has 0 bridgehead atoms. The van der Waals surface area contributed by atoms with Crippen LogP contribution in [0.25, 0.3) is 5.69 Å². The van der Waals surface area contributed by atoms with E-state index < -0.39 is 0 Å². The largest absolute Gasteiger partial charge is 0.349 e. The molecular weight excluding hydrogens is 274 g/mol. The first-order valence-corrected chi connectivity index (χ1v) is 7.97. The van der Waals surface area contributed by atoms with E-state index >= 15 is 0 Å².